The highest BCUT2D eigenvalue weighted by Gasteiger charge is 2.27. The second kappa shape index (κ2) is 5.67. The minimum absolute atomic E-state index is 0.0947. The van der Waals surface area contributed by atoms with Gasteiger partial charge in [0.15, 0.2) is 0 Å². The SMILES string of the molecule is CC(C(=O)O)N1CCN(CC(=O)NC2CC2)CC1. The Kier molecular flexibility index (Phi) is 4.19. The van der Waals surface area contributed by atoms with Gasteiger partial charge in [-0.2, -0.15) is 0 Å². The van der Waals surface area contributed by atoms with Gasteiger partial charge in [-0.05, 0) is 19.8 Å². The summed E-state index contributed by atoms with van der Waals surface area (Å²) in [5.41, 5.74) is 0. The Labute approximate surface area is 107 Å². The molecule has 2 N–H and O–H groups in total. The van der Waals surface area contributed by atoms with Crippen LogP contribution in [0.5, 0.6) is 0 Å². The van der Waals surface area contributed by atoms with E-state index in [1.165, 1.54) is 0 Å². The van der Waals surface area contributed by atoms with Crippen LogP contribution in [0.2, 0.25) is 0 Å². The molecule has 0 bridgehead atoms. The highest BCUT2D eigenvalue weighted by atomic mass is 16.4. The maximum atomic E-state index is 11.6. The summed E-state index contributed by atoms with van der Waals surface area (Å²) in [7, 11) is 0. The lowest BCUT2D eigenvalue weighted by molar-refractivity contribution is -0.143. The Morgan fingerprint density at radius 2 is 1.89 bits per heavy atom. The van der Waals surface area contributed by atoms with Gasteiger partial charge in [-0.1, -0.05) is 0 Å². The van der Waals surface area contributed by atoms with Crippen LogP contribution >= 0.6 is 0 Å². The molecule has 0 aromatic carbocycles. The van der Waals surface area contributed by atoms with Crippen molar-refractivity contribution in [1.82, 2.24) is 15.1 Å². The number of hydrogen-bond acceptors (Lipinski definition) is 4. The molecule has 6 heteroatoms. The Morgan fingerprint density at radius 3 is 2.39 bits per heavy atom. The Morgan fingerprint density at radius 1 is 1.28 bits per heavy atom. The number of carbonyl (C=O) groups excluding carboxylic acids is 1. The lowest BCUT2D eigenvalue weighted by atomic mass is 10.2. The standard InChI is InChI=1S/C12H21N3O3/c1-9(12(17)18)15-6-4-14(5-7-15)8-11(16)13-10-2-3-10/h9-10H,2-8H2,1H3,(H,13,16)(H,17,18). The zero-order valence-electron chi connectivity index (χ0n) is 10.8. The minimum atomic E-state index is -0.782. The van der Waals surface area contributed by atoms with Crippen LogP contribution in [0.4, 0.5) is 0 Å². The van der Waals surface area contributed by atoms with Crippen molar-refractivity contribution in [2.75, 3.05) is 32.7 Å². The second-order valence-electron chi connectivity index (χ2n) is 5.17. The molecule has 102 valence electrons. The molecule has 1 saturated heterocycles. The van der Waals surface area contributed by atoms with E-state index >= 15 is 0 Å². The molecular weight excluding hydrogens is 234 g/mol. The molecule has 0 aromatic heterocycles. The smallest absolute Gasteiger partial charge is 0.320 e. The number of hydrogen-bond donors (Lipinski definition) is 2. The van der Waals surface area contributed by atoms with Crippen LogP contribution < -0.4 is 5.32 Å². The van der Waals surface area contributed by atoms with Gasteiger partial charge in [-0.3, -0.25) is 19.4 Å². The summed E-state index contributed by atoms with van der Waals surface area (Å²) in [6.45, 7) is 5.09. The third-order valence-electron chi connectivity index (χ3n) is 3.62. The van der Waals surface area contributed by atoms with Gasteiger partial charge >= 0.3 is 5.97 Å². The van der Waals surface area contributed by atoms with Gasteiger partial charge in [0.05, 0.1) is 6.54 Å². The van der Waals surface area contributed by atoms with Gasteiger partial charge in [0.1, 0.15) is 6.04 Å². The number of rotatable bonds is 5. The lowest BCUT2D eigenvalue weighted by Crippen LogP contribution is -2.53. The highest BCUT2D eigenvalue weighted by molar-refractivity contribution is 5.78. The fourth-order valence-corrected chi connectivity index (χ4v) is 2.17. The molecule has 18 heavy (non-hydrogen) atoms. The molecule has 1 aliphatic heterocycles. The normalized spacial score (nSPS) is 23.6. The summed E-state index contributed by atoms with van der Waals surface area (Å²) in [5.74, 6) is -0.688. The number of carboxylic acid groups (broad SMARTS) is 1. The summed E-state index contributed by atoms with van der Waals surface area (Å²) in [6, 6.07) is -0.0294. The van der Waals surface area contributed by atoms with Gasteiger partial charge in [0.25, 0.3) is 0 Å². The van der Waals surface area contributed by atoms with Crippen LogP contribution in [0, 0.1) is 0 Å². The molecule has 1 atom stereocenters. The first-order valence-electron chi connectivity index (χ1n) is 6.55. The van der Waals surface area contributed by atoms with Crippen LogP contribution in [-0.2, 0) is 9.59 Å². The molecule has 1 amide bonds. The predicted octanol–water partition coefficient (Wildman–Crippen LogP) is -0.644. The number of aliphatic carboxylic acids is 1. The number of nitrogens with one attached hydrogen (secondary N) is 1. The molecule has 1 heterocycles. The van der Waals surface area contributed by atoms with Gasteiger partial charge in [-0.15, -0.1) is 0 Å². The molecule has 1 saturated carbocycles. The summed E-state index contributed by atoms with van der Waals surface area (Å²) in [4.78, 5) is 26.5. The molecular formula is C12H21N3O3. The van der Waals surface area contributed by atoms with E-state index in [0.717, 1.165) is 25.9 Å². The molecule has 2 fully saturated rings. The molecule has 1 aliphatic carbocycles. The molecule has 0 spiro atoms. The molecule has 2 aliphatic rings. The second-order valence-corrected chi connectivity index (χ2v) is 5.17. The van der Waals surface area contributed by atoms with Crippen molar-refractivity contribution in [3.63, 3.8) is 0 Å². The van der Waals surface area contributed by atoms with Gasteiger partial charge in [-0.25, -0.2) is 0 Å². The largest absolute Gasteiger partial charge is 0.480 e. The van der Waals surface area contributed by atoms with E-state index in [4.69, 9.17) is 5.11 Å². The Hall–Kier alpha value is -1.14. The van der Waals surface area contributed by atoms with Gasteiger partial charge in [0, 0.05) is 32.2 Å². The van der Waals surface area contributed by atoms with E-state index in [-0.39, 0.29) is 5.91 Å². The van der Waals surface area contributed by atoms with E-state index in [0.29, 0.717) is 25.7 Å². The van der Waals surface area contributed by atoms with Crippen LogP contribution in [0.3, 0.4) is 0 Å². The Bertz CT molecular complexity index is 323. The van der Waals surface area contributed by atoms with Crippen LogP contribution in [0.1, 0.15) is 19.8 Å². The van der Waals surface area contributed by atoms with E-state index in [1.807, 2.05) is 4.90 Å². The topological polar surface area (TPSA) is 72.9 Å². The minimum Gasteiger partial charge on any atom is -0.480 e. The maximum absolute atomic E-state index is 11.6. The van der Waals surface area contributed by atoms with Crippen molar-refractivity contribution >= 4 is 11.9 Å². The van der Waals surface area contributed by atoms with Crippen molar-refractivity contribution in [3.05, 3.63) is 0 Å². The van der Waals surface area contributed by atoms with Crippen molar-refractivity contribution in [2.45, 2.75) is 31.8 Å². The van der Waals surface area contributed by atoms with E-state index in [1.54, 1.807) is 6.92 Å². The van der Waals surface area contributed by atoms with Crippen molar-refractivity contribution < 1.29 is 14.7 Å². The number of nitrogens with zero attached hydrogens (tertiary/aromatic N) is 2. The zero-order valence-corrected chi connectivity index (χ0v) is 10.8. The summed E-state index contributed by atoms with van der Waals surface area (Å²) < 4.78 is 0. The summed E-state index contributed by atoms with van der Waals surface area (Å²) in [6.07, 6.45) is 2.21. The third kappa shape index (κ3) is 3.68. The lowest BCUT2D eigenvalue weighted by Gasteiger charge is -2.36. The van der Waals surface area contributed by atoms with Crippen LogP contribution in [0.15, 0.2) is 0 Å². The summed E-state index contributed by atoms with van der Waals surface area (Å²) in [5, 5.41) is 11.9. The molecule has 0 radical (unpaired) electrons. The van der Waals surface area contributed by atoms with Crippen molar-refractivity contribution in [2.24, 2.45) is 0 Å². The Balaban J connectivity index is 1.69. The zero-order chi connectivity index (χ0) is 13.1. The number of carboxylic acids is 1. The molecule has 1 unspecified atom stereocenters. The number of piperazine rings is 1. The summed E-state index contributed by atoms with van der Waals surface area (Å²) >= 11 is 0. The van der Waals surface area contributed by atoms with Gasteiger partial charge in [0.2, 0.25) is 5.91 Å². The van der Waals surface area contributed by atoms with Crippen molar-refractivity contribution in [1.29, 1.82) is 0 Å². The fraction of sp³-hybridized carbons (Fsp3) is 0.833. The average molecular weight is 255 g/mol. The first-order valence-corrected chi connectivity index (χ1v) is 6.55. The highest BCUT2D eigenvalue weighted by Crippen LogP contribution is 2.18. The monoisotopic (exact) mass is 255 g/mol. The average Bonchev–Trinajstić information content (AvgIpc) is 3.12. The maximum Gasteiger partial charge on any atom is 0.320 e. The third-order valence-corrected chi connectivity index (χ3v) is 3.62. The van der Waals surface area contributed by atoms with Crippen LogP contribution in [0.25, 0.3) is 0 Å². The van der Waals surface area contributed by atoms with Gasteiger partial charge < -0.3 is 10.4 Å². The first kappa shape index (κ1) is 13.3. The fourth-order valence-electron chi connectivity index (χ4n) is 2.17. The van der Waals surface area contributed by atoms with E-state index < -0.39 is 12.0 Å². The number of amides is 1. The molecule has 6 nitrogen and oxygen atoms in total. The first-order chi connectivity index (χ1) is 8.56. The number of carbonyl (C=O) groups is 2. The predicted molar refractivity (Wildman–Crippen MR) is 66.3 cm³/mol. The molecule has 0 aromatic rings. The molecule has 2 rings (SSSR count). The van der Waals surface area contributed by atoms with Crippen molar-refractivity contribution in [3.8, 4) is 0 Å². The van der Waals surface area contributed by atoms with E-state index in [2.05, 4.69) is 10.2 Å². The van der Waals surface area contributed by atoms with E-state index in [9.17, 15) is 9.59 Å². The quantitative estimate of drug-likeness (QED) is 0.683. The van der Waals surface area contributed by atoms with Crippen LogP contribution in [-0.4, -0.2) is 71.6 Å².